The van der Waals surface area contributed by atoms with E-state index in [9.17, 15) is 30.7 Å². The lowest BCUT2D eigenvalue weighted by Crippen LogP contribution is -2.60. The first kappa shape index (κ1) is 22.0. The SMILES string of the molecule is NC(c1ccc(C2(Sc3ccc(F)cc3)CCCC2)cc1)(C(F)(F)F)C(F)(F)F. The molecule has 2 aromatic carbocycles. The zero-order valence-corrected chi connectivity index (χ0v) is 15.9. The molecule has 0 heterocycles. The van der Waals surface area contributed by atoms with E-state index < -0.39 is 34.0 Å². The summed E-state index contributed by atoms with van der Waals surface area (Å²) in [6.07, 6.45) is -8.22. The highest BCUT2D eigenvalue weighted by Crippen LogP contribution is 2.53. The summed E-state index contributed by atoms with van der Waals surface area (Å²) in [7, 11) is 0. The fraction of sp³-hybridized carbons (Fsp3) is 0.400. The van der Waals surface area contributed by atoms with Crippen LogP contribution in [0.15, 0.2) is 53.4 Å². The standard InChI is InChI=1S/C20H18F7NS/c21-15-7-9-16(10-8-15)29-17(11-1-2-12-17)13-3-5-14(6-4-13)18(28,19(22,23)24)20(25,26)27/h3-10H,1-2,11-12,28H2. The maximum atomic E-state index is 13.2. The van der Waals surface area contributed by atoms with E-state index in [1.165, 1.54) is 36.0 Å². The van der Waals surface area contributed by atoms with E-state index in [2.05, 4.69) is 0 Å². The van der Waals surface area contributed by atoms with Crippen LogP contribution in [0.25, 0.3) is 0 Å². The summed E-state index contributed by atoms with van der Waals surface area (Å²) in [5, 5.41) is 0. The summed E-state index contributed by atoms with van der Waals surface area (Å²) in [5.74, 6) is -0.391. The van der Waals surface area contributed by atoms with E-state index in [0.717, 1.165) is 29.9 Å². The first-order valence-corrected chi connectivity index (χ1v) is 9.69. The third-order valence-corrected chi connectivity index (χ3v) is 6.84. The highest BCUT2D eigenvalue weighted by atomic mass is 32.2. The van der Waals surface area contributed by atoms with Gasteiger partial charge < -0.3 is 5.73 Å². The summed E-state index contributed by atoms with van der Waals surface area (Å²) in [4.78, 5) is 0.774. The highest BCUT2D eigenvalue weighted by Gasteiger charge is 2.69. The Hall–Kier alpha value is -1.74. The summed E-state index contributed by atoms with van der Waals surface area (Å²) in [6, 6.07) is 10.0. The maximum absolute atomic E-state index is 13.2. The normalized spacial score (nSPS) is 17.5. The van der Waals surface area contributed by atoms with Gasteiger partial charge in [-0.2, -0.15) is 26.3 Å². The van der Waals surface area contributed by atoms with Gasteiger partial charge in [-0.1, -0.05) is 37.1 Å². The molecule has 1 aliphatic rings. The van der Waals surface area contributed by atoms with Crippen LogP contribution >= 0.6 is 11.8 Å². The molecule has 0 bridgehead atoms. The molecule has 0 amide bonds. The average molecular weight is 437 g/mol. The molecule has 2 N–H and O–H groups in total. The number of benzene rings is 2. The summed E-state index contributed by atoms with van der Waals surface area (Å²) in [6.45, 7) is 0. The third kappa shape index (κ3) is 3.99. The monoisotopic (exact) mass is 437 g/mol. The fourth-order valence-corrected chi connectivity index (χ4v) is 5.12. The van der Waals surface area contributed by atoms with Crippen LogP contribution in [0.4, 0.5) is 30.7 Å². The Balaban J connectivity index is 1.97. The van der Waals surface area contributed by atoms with Crippen molar-refractivity contribution in [2.24, 2.45) is 5.73 Å². The molecule has 1 nitrogen and oxygen atoms in total. The van der Waals surface area contributed by atoms with Crippen LogP contribution in [0.2, 0.25) is 0 Å². The highest BCUT2D eigenvalue weighted by molar-refractivity contribution is 8.00. The topological polar surface area (TPSA) is 26.0 Å². The Morgan fingerprint density at radius 1 is 0.759 bits per heavy atom. The van der Waals surface area contributed by atoms with Crippen molar-refractivity contribution in [2.75, 3.05) is 0 Å². The van der Waals surface area contributed by atoms with E-state index in [0.29, 0.717) is 18.4 Å². The van der Waals surface area contributed by atoms with Gasteiger partial charge >= 0.3 is 12.4 Å². The lowest BCUT2D eigenvalue weighted by atomic mass is 9.87. The molecule has 158 valence electrons. The molecule has 0 radical (unpaired) electrons. The Morgan fingerprint density at radius 2 is 1.24 bits per heavy atom. The molecular weight excluding hydrogens is 419 g/mol. The minimum absolute atomic E-state index is 0.391. The smallest absolute Gasteiger partial charge is 0.306 e. The second-order valence-corrected chi connectivity index (χ2v) is 8.60. The predicted octanol–water partition coefficient (Wildman–Crippen LogP) is 6.67. The van der Waals surface area contributed by atoms with Gasteiger partial charge in [0.2, 0.25) is 5.54 Å². The van der Waals surface area contributed by atoms with Crippen molar-refractivity contribution >= 4 is 11.8 Å². The lowest BCUT2D eigenvalue weighted by Gasteiger charge is -2.35. The number of hydrogen-bond donors (Lipinski definition) is 1. The molecular formula is C20H18F7NS. The largest absolute Gasteiger partial charge is 0.419 e. The molecule has 2 aromatic rings. The summed E-state index contributed by atoms with van der Waals surface area (Å²) < 4.78 is 91.9. The summed E-state index contributed by atoms with van der Waals surface area (Å²) in [5.41, 5.74) is -0.0118. The number of halogens is 7. The molecule has 0 atom stereocenters. The van der Waals surface area contributed by atoms with Gasteiger partial charge in [-0.05, 0) is 48.2 Å². The van der Waals surface area contributed by atoms with E-state index in [1.807, 2.05) is 0 Å². The van der Waals surface area contributed by atoms with Gasteiger partial charge in [-0.15, -0.1) is 11.8 Å². The molecule has 0 aliphatic heterocycles. The van der Waals surface area contributed by atoms with Crippen molar-refractivity contribution in [1.29, 1.82) is 0 Å². The van der Waals surface area contributed by atoms with Crippen LogP contribution in [0, 0.1) is 5.82 Å². The number of alkyl halides is 6. The van der Waals surface area contributed by atoms with E-state index >= 15 is 0 Å². The van der Waals surface area contributed by atoms with Crippen LogP contribution in [-0.2, 0) is 10.3 Å². The average Bonchev–Trinajstić information content (AvgIpc) is 3.11. The predicted molar refractivity (Wildman–Crippen MR) is 96.8 cm³/mol. The van der Waals surface area contributed by atoms with Crippen molar-refractivity contribution in [3.8, 4) is 0 Å². The number of rotatable bonds is 4. The van der Waals surface area contributed by atoms with Crippen molar-refractivity contribution in [3.63, 3.8) is 0 Å². The van der Waals surface area contributed by atoms with Crippen molar-refractivity contribution in [2.45, 2.75) is 53.2 Å². The summed E-state index contributed by atoms with van der Waals surface area (Å²) >= 11 is 1.44. The van der Waals surface area contributed by atoms with Crippen LogP contribution in [0.5, 0.6) is 0 Å². The minimum Gasteiger partial charge on any atom is -0.306 e. The first-order chi connectivity index (χ1) is 13.4. The van der Waals surface area contributed by atoms with Gasteiger partial charge in [0.1, 0.15) is 5.82 Å². The molecule has 0 spiro atoms. The van der Waals surface area contributed by atoms with Gasteiger partial charge in [0.05, 0.1) is 0 Å². The first-order valence-electron chi connectivity index (χ1n) is 8.87. The Labute approximate surface area is 167 Å². The Kier molecular flexibility index (Phi) is 5.68. The van der Waals surface area contributed by atoms with Crippen LogP contribution in [0.3, 0.4) is 0 Å². The minimum atomic E-state index is -5.69. The van der Waals surface area contributed by atoms with Crippen LogP contribution in [-0.4, -0.2) is 12.4 Å². The third-order valence-electron chi connectivity index (χ3n) is 5.30. The van der Waals surface area contributed by atoms with Gasteiger partial charge in [0.15, 0.2) is 0 Å². The van der Waals surface area contributed by atoms with Crippen molar-refractivity contribution in [3.05, 3.63) is 65.5 Å². The molecule has 0 saturated heterocycles. The molecule has 9 heteroatoms. The zero-order valence-electron chi connectivity index (χ0n) is 15.1. The number of thioether (sulfide) groups is 1. The van der Waals surface area contributed by atoms with Gasteiger partial charge in [0.25, 0.3) is 0 Å². The fourth-order valence-electron chi connectivity index (χ4n) is 3.65. The molecule has 0 aromatic heterocycles. The maximum Gasteiger partial charge on any atom is 0.419 e. The van der Waals surface area contributed by atoms with E-state index in [4.69, 9.17) is 5.73 Å². The van der Waals surface area contributed by atoms with Crippen molar-refractivity contribution in [1.82, 2.24) is 0 Å². The second kappa shape index (κ2) is 7.50. The number of hydrogen-bond acceptors (Lipinski definition) is 2. The molecule has 29 heavy (non-hydrogen) atoms. The zero-order chi connectivity index (χ0) is 21.5. The second-order valence-electron chi connectivity index (χ2n) is 7.14. The van der Waals surface area contributed by atoms with E-state index in [-0.39, 0.29) is 0 Å². The van der Waals surface area contributed by atoms with Gasteiger partial charge in [-0.3, -0.25) is 0 Å². The molecule has 1 aliphatic carbocycles. The van der Waals surface area contributed by atoms with Crippen molar-refractivity contribution < 1.29 is 30.7 Å². The lowest BCUT2D eigenvalue weighted by molar-refractivity contribution is -0.301. The quantitative estimate of drug-likeness (QED) is 0.541. The Bertz CT molecular complexity index is 821. The number of nitrogens with two attached hydrogens (primary N) is 1. The van der Waals surface area contributed by atoms with E-state index in [1.54, 1.807) is 12.1 Å². The van der Waals surface area contributed by atoms with Crippen LogP contribution < -0.4 is 5.73 Å². The molecule has 1 saturated carbocycles. The molecule has 1 fully saturated rings. The van der Waals surface area contributed by atoms with Crippen LogP contribution in [0.1, 0.15) is 36.8 Å². The molecule has 0 unspecified atom stereocenters. The van der Waals surface area contributed by atoms with Gasteiger partial charge in [-0.25, -0.2) is 4.39 Å². The molecule has 3 rings (SSSR count). The Morgan fingerprint density at radius 3 is 1.69 bits per heavy atom. The van der Waals surface area contributed by atoms with Gasteiger partial charge in [0, 0.05) is 9.64 Å².